The van der Waals surface area contributed by atoms with Gasteiger partial charge in [-0.05, 0) is 0 Å². The molecule has 1 unspecified atom stereocenters. The summed E-state index contributed by atoms with van der Waals surface area (Å²) in [6.07, 6.45) is 4.24. The molecule has 0 aliphatic carbocycles. The second-order valence-electron chi connectivity index (χ2n) is 9.50. The maximum Gasteiger partial charge on any atom is 0.319 e. The second kappa shape index (κ2) is 11.8. The average molecular weight is 530 g/mol. The van der Waals surface area contributed by atoms with Crippen molar-refractivity contribution in [2.75, 3.05) is 97.0 Å². The normalized spacial score (nSPS) is 20.2. The molecule has 3 aliphatic heterocycles. The maximum atomic E-state index is 12.7. The van der Waals surface area contributed by atoms with Crippen LogP contribution >= 0.6 is 11.8 Å². The van der Waals surface area contributed by atoms with Gasteiger partial charge in [-0.1, -0.05) is 0 Å². The van der Waals surface area contributed by atoms with Crippen molar-refractivity contribution in [2.45, 2.75) is 16.6 Å². The van der Waals surface area contributed by atoms with Crippen LogP contribution in [0.5, 0.6) is 0 Å². The smallest absolute Gasteiger partial charge is 0.319 e. The molecule has 1 atom stereocenters. The molecule has 3 aliphatic rings. The highest BCUT2D eigenvalue weighted by atomic mass is 32.2. The van der Waals surface area contributed by atoms with Crippen molar-refractivity contribution in [1.82, 2.24) is 34.6 Å². The molecule has 5 rings (SSSR count). The van der Waals surface area contributed by atoms with Crippen LogP contribution in [0.4, 0.5) is 16.6 Å². The minimum absolute atomic E-state index is 0.0731. The van der Waals surface area contributed by atoms with Crippen LogP contribution in [-0.4, -0.2) is 132 Å². The Kier molecular flexibility index (Phi) is 8.23. The molecule has 12 nitrogen and oxygen atoms in total. The largest absolute Gasteiger partial charge is 0.383 e. The van der Waals surface area contributed by atoms with Gasteiger partial charge in [-0.3, -0.25) is 4.90 Å². The van der Waals surface area contributed by atoms with Crippen molar-refractivity contribution >= 4 is 29.6 Å². The Bertz CT molecular complexity index is 1080. The van der Waals surface area contributed by atoms with E-state index in [0.717, 1.165) is 69.3 Å². The summed E-state index contributed by atoms with van der Waals surface area (Å²) in [5.41, 5.74) is 7.52. The first-order valence-corrected chi connectivity index (χ1v) is 13.6. The van der Waals surface area contributed by atoms with Gasteiger partial charge in [0.25, 0.3) is 0 Å². The van der Waals surface area contributed by atoms with Crippen molar-refractivity contribution in [3.05, 3.63) is 18.1 Å². The highest BCUT2D eigenvalue weighted by Crippen LogP contribution is 2.43. The van der Waals surface area contributed by atoms with Crippen molar-refractivity contribution in [3.8, 4) is 11.4 Å². The summed E-state index contributed by atoms with van der Waals surface area (Å²) >= 11 is 1.87. The lowest BCUT2D eigenvalue weighted by atomic mass is 10.2. The van der Waals surface area contributed by atoms with Crippen molar-refractivity contribution < 1.29 is 14.3 Å². The van der Waals surface area contributed by atoms with Crippen LogP contribution in [0, 0.1) is 0 Å². The van der Waals surface area contributed by atoms with E-state index >= 15 is 0 Å². The molecular formula is C24H35N9O3S. The molecule has 2 aromatic rings. The summed E-state index contributed by atoms with van der Waals surface area (Å²) in [7, 11) is 3.48. The molecule has 2 fully saturated rings. The first kappa shape index (κ1) is 25.9. The van der Waals surface area contributed by atoms with Gasteiger partial charge in [0.05, 0.1) is 36.0 Å². The van der Waals surface area contributed by atoms with E-state index in [1.165, 1.54) is 4.90 Å². The highest BCUT2D eigenvalue weighted by molar-refractivity contribution is 8.00. The Morgan fingerprint density at radius 2 is 1.89 bits per heavy atom. The number of hydrogen-bond donors (Lipinski definition) is 1. The Labute approximate surface area is 221 Å². The van der Waals surface area contributed by atoms with Gasteiger partial charge in [0.15, 0.2) is 5.82 Å². The van der Waals surface area contributed by atoms with Crippen molar-refractivity contribution in [1.29, 1.82) is 0 Å². The fourth-order valence-corrected chi connectivity index (χ4v) is 6.22. The zero-order valence-electron chi connectivity index (χ0n) is 21.5. The highest BCUT2D eigenvalue weighted by Gasteiger charge is 2.33. The maximum absolute atomic E-state index is 12.7. The lowest BCUT2D eigenvalue weighted by Crippen LogP contribution is -2.53. The topological polar surface area (TPSA) is 126 Å². The van der Waals surface area contributed by atoms with Crippen LogP contribution < -0.4 is 10.6 Å². The number of rotatable bonds is 7. The van der Waals surface area contributed by atoms with Crippen molar-refractivity contribution in [2.24, 2.45) is 0 Å². The molecule has 37 heavy (non-hydrogen) atoms. The molecule has 13 heteroatoms. The SMILES string of the molecule is COCCN(C)C(=O)N1CCN(CC2Cc3nc(-c4cnc(N)nc4)nc(N4CCOCC4)c3S2)CC1. The summed E-state index contributed by atoms with van der Waals surface area (Å²) in [4.78, 5) is 40.4. The summed E-state index contributed by atoms with van der Waals surface area (Å²) in [5, 5.41) is 0.383. The Hall–Kier alpha value is -2.74. The van der Waals surface area contributed by atoms with Gasteiger partial charge in [-0.2, -0.15) is 0 Å². The van der Waals surface area contributed by atoms with E-state index in [9.17, 15) is 4.79 Å². The number of nitrogen functional groups attached to an aromatic ring is 1. The van der Waals surface area contributed by atoms with Crippen molar-refractivity contribution in [3.63, 3.8) is 0 Å². The molecule has 0 spiro atoms. The van der Waals surface area contributed by atoms with Gasteiger partial charge < -0.3 is 29.9 Å². The zero-order valence-corrected chi connectivity index (χ0v) is 22.3. The summed E-state index contributed by atoms with van der Waals surface area (Å²) in [6, 6.07) is 0.0731. The summed E-state index contributed by atoms with van der Waals surface area (Å²) < 4.78 is 10.7. The first-order chi connectivity index (χ1) is 18.0. The number of nitrogens with two attached hydrogens (primary N) is 1. The fourth-order valence-electron chi connectivity index (χ4n) is 4.82. The molecule has 2 amide bonds. The molecule has 2 saturated heterocycles. The third-order valence-electron chi connectivity index (χ3n) is 6.93. The quantitative estimate of drug-likeness (QED) is 0.544. The number of fused-ring (bicyclic) bond motifs is 1. The lowest BCUT2D eigenvalue weighted by Gasteiger charge is -2.37. The fraction of sp³-hybridized carbons (Fsp3) is 0.625. The van der Waals surface area contributed by atoms with Crippen LogP contribution in [0.1, 0.15) is 5.69 Å². The number of methoxy groups -OCH3 is 1. The monoisotopic (exact) mass is 529 g/mol. The predicted octanol–water partition coefficient (Wildman–Crippen LogP) is 0.685. The molecule has 0 bridgehead atoms. The number of hydrogen-bond acceptors (Lipinski definition) is 11. The van der Waals surface area contributed by atoms with Gasteiger partial charge in [-0.15, -0.1) is 11.8 Å². The van der Waals surface area contributed by atoms with E-state index in [1.807, 2.05) is 23.7 Å². The number of nitrogens with zero attached hydrogens (tertiary/aromatic N) is 8. The molecule has 200 valence electrons. The predicted molar refractivity (Wildman–Crippen MR) is 142 cm³/mol. The minimum Gasteiger partial charge on any atom is -0.383 e. The lowest BCUT2D eigenvalue weighted by molar-refractivity contribution is 0.108. The number of thioether (sulfide) groups is 1. The van der Waals surface area contributed by atoms with Crippen LogP contribution in [0.15, 0.2) is 17.3 Å². The number of likely N-dealkylation sites (N-methyl/N-ethyl adjacent to an activating group) is 1. The van der Waals surface area contributed by atoms with Crippen LogP contribution in [0.25, 0.3) is 11.4 Å². The number of amides is 2. The van der Waals surface area contributed by atoms with E-state index < -0.39 is 0 Å². The Balaban J connectivity index is 1.25. The number of carbonyl (C=O) groups excluding carboxylic acids is 1. The number of ether oxygens (including phenoxy) is 2. The van der Waals surface area contributed by atoms with E-state index in [4.69, 9.17) is 25.2 Å². The van der Waals surface area contributed by atoms with Gasteiger partial charge in [0.1, 0.15) is 5.82 Å². The van der Waals surface area contributed by atoms with Crippen LogP contribution in [0.2, 0.25) is 0 Å². The number of aromatic nitrogens is 4. The number of morpholine rings is 1. The molecule has 0 aromatic carbocycles. The summed E-state index contributed by atoms with van der Waals surface area (Å²) in [5.74, 6) is 1.84. The minimum atomic E-state index is 0.0731. The standard InChI is InChI=1S/C24H35N9O3S/c1-30(7-10-35-2)24(34)33-5-3-31(4-6-33)16-18-13-19-20(37-18)22(32-8-11-36-12-9-32)29-21(28-19)17-14-26-23(25)27-15-17/h14-15,18H,3-13,16H2,1-2H3,(H2,25,26,27). The molecule has 0 saturated carbocycles. The Morgan fingerprint density at radius 1 is 1.16 bits per heavy atom. The van der Waals surface area contributed by atoms with Gasteiger partial charge >= 0.3 is 6.03 Å². The number of urea groups is 1. The van der Waals surface area contributed by atoms with Gasteiger partial charge in [-0.25, -0.2) is 24.7 Å². The van der Waals surface area contributed by atoms with Gasteiger partial charge in [0, 0.05) is 90.6 Å². The number of carbonyl (C=O) groups is 1. The third kappa shape index (κ3) is 6.06. The molecule has 2 N–H and O–H groups in total. The first-order valence-electron chi connectivity index (χ1n) is 12.7. The summed E-state index contributed by atoms with van der Waals surface area (Å²) in [6.45, 7) is 8.30. The average Bonchev–Trinajstić information content (AvgIpc) is 3.34. The van der Waals surface area contributed by atoms with Crippen LogP contribution in [0.3, 0.4) is 0 Å². The zero-order chi connectivity index (χ0) is 25.8. The third-order valence-corrected chi connectivity index (χ3v) is 8.23. The number of piperazine rings is 1. The molecular weight excluding hydrogens is 494 g/mol. The van der Waals surface area contributed by atoms with Crippen LogP contribution in [-0.2, 0) is 15.9 Å². The van der Waals surface area contributed by atoms with E-state index in [0.29, 0.717) is 37.4 Å². The van der Waals surface area contributed by atoms with Gasteiger partial charge in [0.2, 0.25) is 5.95 Å². The Morgan fingerprint density at radius 3 is 2.59 bits per heavy atom. The second-order valence-corrected chi connectivity index (χ2v) is 10.8. The number of anilines is 2. The molecule has 5 heterocycles. The van der Waals surface area contributed by atoms with E-state index in [-0.39, 0.29) is 12.0 Å². The molecule has 0 radical (unpaired) electrons. The van der Waals surface area contributed by atoms with E-state index in [2.05, 4.69) is 19.8 Å². The van der Waals surface area contributed by atoms with E-state index in [1.54, 1.807) is 24.4 Å². The molecule has 2 aromatic heterocycles.